The Balaban J connectivity index is 2.85. The highest BCUT2D eigenvalue weighted by Gasteiger charge is 2.06. The van der Waals surface area contributed by atoms with Crippen LogP contribution in [0.1, 0.15) is 31.4 Å². The molecule has 1 aromatic rings. The summed E-state index contributed by atoms with van der Waals surface area (Å²) in [6.45, 7) is 4.93. The lowest BCUT2D eigenvalue weighted by atomic mass is 10.1. The average molecular weight is 249 g/mol. The standard InChI is InChI=1S/C15H20FNO/c1-12(2)17(3)11-14-8-13(6-4-5-7-18)9-15(16)10-14/h8-10,12,18H,5,7,11H2,1-3H3. The molecule has 0 unspecified atom stereocenters. The Kier molecular flexibility index (Phi) is 5.84. The molecule has 0 aliphatic heterocycles. The van der Waals surface area contributed by atoms with E-state index < -0.39 is 0 Å². The van der Waals surface area contributed by atoms with Gasteiger partial charge in [-0.05, 0) is 44.7 Å². The zero-order chi connectivity index (χ0) is 13.5. The molecule has 0 aliphatic rings. The molecule has 0 aliphatic carbocycles. The van der Waals surface area contributed by atoms with Crippen molar-refractivity contribution in [3.63, 3.8) is 0 Å². The normalized spacial score (nSPS) is 10.6. The van der Waals surface area contributed by atoms with E-state index in [4.69, 9.17) is 5.11 Å². The fourth-order valence-corrected chi connectivity index (χ4v) is 1.50. The molecule has 0 bridgehead atoms. The van der Waals surface area contributed by atoms with Gasteiger partial charge in [0.1, 0.15) is 5.82 Å². The summed E-state index contributed by atoms with van der Waals surface area (Å²) in [4.78, 5) is 2.14. The molecular weight excluding hydrogens is 229 g/mol. The maximum atomic E-state index is 13.5. The fraction of sp³-hybridized carbons (Fsp3) is 0.467. The Morgan fingerprint density at radius 3 is 2.67 bits per heavy atom. The predicted octanol–water partition coefficient (Wildman–Crippen LogP) is 2.40. The Morgan fingerprint density at radius 2 is 2.06 bits per heavy atom. The van der Waals surface area contributed by atoms with Gasteiger partial charge in [0.25, 0.3) is 0 Å². The molecule has 1 rings (SSSR count). The van der Waals surface area contributed by atoms with Crippen LogP contribution in [0.15, 0.2) is 18.2 Å². The average Bonchev–Trinajstić information content (AvgIpc) is 2.28. The van der Waals surface area contributed by atoms with E-state index in [1.807, 2.05) is 13.1 Å². The summed E-state index contributed by atoms with van der Waals surface area (Å²) in [6.07, 6.45) is 0.414. The summed E-state index contributed by atoms with van der Waals surface area (Å²) in [5, 5.41) is 8.65. The molecule has 0 amide bonds. The largest absolute Gasteiger partial charge is 0.395 e. The summed E-state index contributed by atoms with van der Waals surface area (Å²) < 4.78 is 13.5. The van der Waals surface area contributed by atoms with Crippen LogP contribution in [0, 0.1) is 17.7 Å². The van der Waals surface area contributed by atoms with Crippen molar-refractivity contribution in [1.82, 2.24) is 4.90 Å². The van der Waals surface area contributed by atoms with E-state index in [-0.39, 0.29) is 12.4 Å². The topological polar surface area (TPSA) is 23.5 Å². The Hall–Kier alpha value is -1.37. The lowest BCUT2D eigenvalue weighted by Gasteiger charge is -2.21. The number of aliphatic hydroxyl groups excluding tert-OH is 1. The van der Waals surface area contributed by atoms with E-state index in [2.05, 4.69) is 30.6 Å². The molecule has 18 heavy (non-hydrogen) atoms. The summed E-state index contributed by atoms with van der Waals surface area (Å²) in [6, 6.07) is 5.27. The van der Waals surface area contributed by atoms with Gasteiger partial charge < -0.3 is 5.11 Å². The molecular formula is C15H20FNO. The predicted molar refractivity (Wildman–Crippen MR) is 71.6 cm³/mol. The quantitative estimate of drug-likeness (QED) is 0.828. The van der Waals surface area contributed by atoms with Crippen LogP contribution in [0.25, 0.3) is 0 Å². The second kappa shape index (κ2) is 7.15. The van der Waals surface area contributed by atoms with Crippen molar-refractivity contribution in [2.24, 2.45) is 0 Å². The number of halogens is 1. The monoisotopic (exact) mass is 249 g/mol. The third-order valence-corrected chi connectivity index (χ3v) is 2.74. The number of hydrogen-bond acceptors (Lipinski definition) is 2. The maximum Gasteiger partial charge on any atom is 0.124 e. The highest BCUT2D eigenvalue weighted by Crippen LogP contribution is 2.11. The van der Waals surface area contributed by atoms with Crippen LogP contribution in [0.4, 0.5) is 4.39 Å². The van der Waals surface area contributed by atoms with Crippen molar-refractivity contribution in [2.75, 3.05) is 13.7 Å². The van der Waals surface area contributed by atoms with Crippen molar-refractivity contribution in [1.29, 1.82) is 0 Å². The van der Waals surface area contributed by atoms with E-state index in [0.717, 1.165) is 5.56 Å². The van der Waals surface area contributed by atoms with Gasteiger partial charge in [-0.3, -0.25) is 4.90 Å². The zero-order valence-corrected chi connectivity index (χ0v) is 11.2. The molecule has 0 spiro atoms. The van der Waals surface area contributed by atoms with E-state index in [0.29, 0.717) is 24.6 Å². The van der Waals surface area contributed by atoms with Gasteiger partial charge >= 0.3 is 0 Å². The summed E-state index contributed by atoms with van der Waals surface area (Å²) in [5.41, 5.74) is 1.58. The summed E-state index contributed by atoms with van der Waals surface area (Å²) in [7, 11) is 2.01. The van der Waals surface area contributed by atoms with E-state index in [1.165, 1.54) is 12.1 Å². The van der Waals surface area contributed by atoms with Crippen LogP contribution < -0.4 is 0 Å². The van der Waals surface area contributed by atoms with Crippen LogP contribution in [0.2, 0.25) is 0 Å². The first kappa shape index (κ1) is 14.7. The second-order valence-corrected chi connectivity index (χ2v) is 4.63. The van der Waals surface area contributed by atoms with Gasteiger partial charge in [-0.25, -0.2) is 4.39 Å². The molecule has 0 saturated heterocycles. The molecule has 0 saturated carbocycles. The number of benzene rings is 1. The molecule has 3 heteroatoms. The Morgan fingerprint density at radius 1 is 1.33 bits per heavy atom. The van der Waals surface area contributed by atoms with Crippen LogP contribution in [0.5, 0.6) is 0 Å². The van der Waals surface area contributed by atoms with Crippen molar-refractivity contribution in [2.45, 2.75) is 32.9 Å². The first-order valence-corrected chi connectivity index (χ1v) is 6.12. The van der Waals surface area contributed by atoms with Crippen molar-refractivity contribution >= 4 is 0 Å². The minimum absolute atomic E-state index is 0.0330. The van der Waals surface area contributed by atoms with Crippen LogP contribution in [0.3, 0.4) is 0 Å². The summed E-state index contributed by atoms with van der Waals surface area (Å²) >= 11 is 0. The molecule has 0 radical (unpaired) electrons. The van der Waals surface area contributed by atoms with Crippen molar-refractivity contribution < 1.29 is 9.50 Å². The Bertz CT molecular complexity index is 446. The van der Waals surface area contributed by atoms with Gasteiger partial charge in [0.2, 0.25) is 0 Å². The van der Waals surface area contributed by atoms with Gasteiger partial charge in [-0.2, -0.15) is 0 Å². The van der Waals surface area contributed by atoms with E-state index in [9.17, 15) is 4.39 Å². The zero-order valence-electron chi connectivity index (χ0n) is 11.2. The lowest BCUT2D eigenvalue weighted by molar-refractivity contribution is 0.265. The van der Waals surface area contributed by atoms with Gasteiger partial charge in [0.15, 0.2) is 0 Å². The minimum atomic E-state index is -0.266. The maximum absolute atomic E-state index is 13.5. The molecule has 98 valence electrons. The van der Waals surface area contributed by atoms with Gasteiger partial charge in [0.05, 0.1) is 6.61 Å². The Labute approximate surface area is 108 Å². The minimum Gasteiger partial charge on any atom is -0.395 e. The highest BCUT2D eigenvalue weighted by atomic mass is 19.1. The van der Waals surface area contributed by atoms with Crippen molar-refractivity contribution in [3.05, 3.63) is 35.1 Å². The molecule has 0 heterocycles. The second-order valence-electron chi connectivity index (χ2n) is 4.63. The molecule has 0 fully saturated rings. The molecule has 2 nitrogen and oxygen atoms in total. The number of aliphatic hydroxyl groups is 1. The van der Waals surface area contributed by atoms with Crippen LogP contribution in [-0.4, -0.2) is 29.7 Å². The highest BCUT2D eigenvalue weighted by molar-refractivity contribution is 5.37. The molecule has 0 atom stereocenters. The third-order valence-electron chi connectivity index (χ3n) is 2.74. The molecule has 1 N–H and O–H groups in total. The molecule has 0 aromatic heterocycles. The van der Waals surface area contributed by atoms with E-state index in [1.54, 1.807) is 0 Å². The van der Waals surface area contributed by atoms with Gasteiger partial charge in [-0.15, -0.1) is 0 Å². The smallest absolute Gasteiger partial charge is 0.124 e. The summed E-state index contributed by atoms with van der Waals surface area (Å²) in [5.74, 6) is 5.40. The van der Waals surface area contributed by atoms with Crippen LogP contribution >= 0.6 is 0 Å². The lowest BCUT2D eigenvalue weighted by Crippen LogP contribution is -2.25. The van der Waals surface area contributed by atoms with Gasteiger partial charge in [-0.1, -0.05) is 11.8 Å². The fourth-order valence-electron chi connectivity index (χ4n) is 1.50. The van der Waals surface area contributed by atoms with Crippen LogP contribution in [-0.2, 0) is 6.54 Å². The first-order chi connectivity index (χ1) is 8.52. The van der Waals surface area contributed by atoms with Gasteiger partial charge in [0, 0.05) is 24.6 Å². The number of nitrogens with zero attached hydrogens (tertiary/aromatic N) is 1. The SMILES string of the molecule is CC(C)N(C)Cc1cc(F)cc(C#CCCO)c1. The van der Waals surface area contributed by atoms with E-state index >= 15 is 0 Å². The first-order valence-electron chi connectivity index (χ1n) is 6.12. The molecule has 1 aromatic carbocycles. The van der Waals surface area contributed by atoms with Crippen molar-refractivity contribution in [3.8, 4) is 11.8 Å². The number of hydrogen-bond donors (Lipinski definition) is 1. The number of rotatable bonds is 4. The third kappa shape index (κ3) is 4.87.